The number of hydrogen-bond donors (Lipinski definition) is 2. The maximum absolute atomic E-state index is 13.8. The van der Waals surface area contributed by atoms with Gasteiger partial charge in [0.1, 0.15) is 5.75 Å². The maximum atomic E-state index is 13.8. The highest BCUT2D eigenvalue weighted by molar-refractivity contribution is 6.20. The lowest BCUT2D eigenvalue weighted by Gasteiger charge is -2.27. The molecule has 0 spiro atoms. The van der Waals surface area contributed by atoms with Crippen molar-refractivity contribution in [2.75, 3.05) is 30.0 Å². The number of rotatable bonds is 6. The lowest BCUT2D eigenvalue weighted by atomic mass is 9.94. The molecular weight excluding hydrogens is 484 g/mol. The smallest absolute Gasteiger partial charge is 0.294 e. The molecule has 1 atom stereocenters. The zero-order valence-electron chi connectivity index (χ0n) is 20.8. The predicted octanol–water partition coefficient (Wildman–Crippen LogP) is 5.53. The lowest BCUT2D eigenvalue weighted by molar-refractivity contribution is -0.117. The third kappa shape index (κ3) is 3.85. The molecule has 2 aliphatic rings. The van der Waals surface area contributed by atoms with E-state index in [0.717, 1.165) is 31.6 Å². The van der Waals surface area contributed by atoms with Gasteiger partial charge in [0.15, 0.2) is 22.9 Å². The Bertz CT molecular complexity index is 1580. The highest BCUT2D eigenvalue weighted by Gasteiger charge is 2.45. The minimum atomic E-state index is -0.977. The van der Waals surface area contributed by atoms with Gasteiger partial charge in [0, 0.05) is 29.9 Å². The number of methoxy groups -OCH3 is 1. The summed E-state index contributed by atoms with van der Waals surface area (Å²) >= 11 is 0. The molecule has 3 aromatic carbocycles. The standard InChI is InChI=1S/C30H26N2O6/c1-37-23-9-5-7-19-17-24(38-29(19)23)27(34)25-26(18-6-4-8-22(33)16-18)32(30(36)28(25)35)21-12-10-20(11-13-21)31-14-2-3-15-31/h4-13,16-17,26,33,35H,2-3,14-15H2,1H3. The molecule has 2 aliphatic heterocycles. The number of phenolic OH excluding ortho intramolecular Hbond substituents is 1. The number of aromatic hydroxyl groups is 1. The van der Waals surface area contributed by atoms with E-state index in [0.29, 0.717) is 28.0 Å². The van der Waals surface area contributed by atoms with Crippen molar-refractivity contribution in [2.45, 2.75) is 18.9 Å². The number of benzene rings is 3. The number of amides is 1. The SMILES string of the molecule is COc1cccc2cc(C(=O)C3=C(O)C(=O)N(c4ccc(N5CCCC5)cc4)C3c3cccc(O)c3)oc12. The number of ketones is 1. The molecule has 2 N–H and O–H groups in total. The molecule has 0 bridgehead atoms. The van der Waals surface area contributed by atoms with Gasteiger partial charge < -0.3 is 24.3 Å². The van der Waals surface area contributed by atoms with Gasteiger partial charge in [-0.1, -0.05) is 24.3 Å². The minimum absolute atomic E-state index is 0.0223. The minimum Gasteiger partial charge on any atom is -0.508 e. The van der Waals surface area contributed by atoms with Crippen molar-refractivity contribution in [3.05, 3.63) is 95.5 Å². The van der Waals surface area contributed by atoms with Gasteiger partial charge >= 0.3 is 0 Å². The van der Waals surface area contributed by atoms with Gasteiger partial charge in [0.05, 0.1) is 18.7 Å². The molecule has 8 nitrogen and oxygen atoms in total. The van der Waals surface area contributed by atoms with Crippen LogP contribution in [0.5, 0.6) is 11.5 Å². The van der Waals surface area contributed by atoms with Crippen LogP contribution >= 0.6 is 0 Å². The molecular formula is C30H26N2O6. The van der Waals surface area contributed by atoms with Gasteiger partial charge in [0.25, 0.3) is 5.91 Å². The average Bonchev–Trinajstić information content (AvgIpc) is 3.67. The molecule has 1 aromatic heterocycles. The van der Waals surface area contributed by atoms with Gasteiger partial charge in [-0.3, -0.25) is 14.5 Å². The largest absolute Gasteiger partial charge is 0.508 e. The second kappa shape index (κ2) is 9.30. The van der Waals surface area contributed by atoms with Gasteiger partial charge in [0.2, 0.25) is 5.78 Å². The topological polar surface area (TPSA) is 103 Å². The fourth-order valence-corrected chi connectivity index (χ4v) is 5.35. The summed E-state index contributed by atoms with van der Waals surface area (Å²) in [5.41, 5.74) is 2.32. The zero-order chi connectivity index (χ0) is 26.4. The van der Waals surface area contributed by atoms with Crippen LogP contribution in [0.2, 0.25) is 0 Å². The molecule has 4 aromatic rings. The predicted molar refractivity (Wildman–Crippen MR) is 143 cm³/mol. The molecule has 0 saturated carbocycles. The first kappa shape index (κ1) is 23.7. The van der Waals surface area contributed by atoms with Crippen LogP contribution in [0.15, 0.2) is 88.5 Å². The molecule has 3 heterocycles. The number of hydrogen-bond acceptors (Lipinski definition) is 7. The van der Waals surface area contributed by atoms with Crippen LogP contribution in [0.3, 0.4) is 0 Å². The monoisotopic (exact) mass is 510 g/mol. The molecule has 8 heteroatoms. The van der Waals surface area contributed by atoms with Gasteiger partial charge in [-0.2, -0.15) is 0 Å². The second-order valence-corrected chi connectivity index (χ2v) is 9.46. The van der Waals surface area contributed by atoms with E-state index in [9.17, 15) is 19.8 Å². The van der Waals surface area contributed by atoms with E-state index in [-0.39, 0.29) is 17.1 Å². The lowest BCUT2D eigenvalue weighted by Crippen LogP contribution is -2.31. The number of aliphatic hydroxyl groups excluding tert-OH is 1. The van der Waals surface area contributed by atoms with E-state index < -0.39 is 23.5 Å². The van der Waals surface area contributed by atoms with E-state index in [1.54, 1.807) is 36.4 Å². The number of Topliss-reactive ketones (excluding diaryl/α,β-unsaturated/α-hetero) is 1. The van der Waals surface area contributed by atoms with Crippen LogP contribution in [0, 0.1) is 0 Å². The fourth-order valence-electron chi connectivity index (χ4n) is 5.35. The Morgan fingerprint density at radius 2 is 1.66 bits per heavy atom. The van der Waals surface area contributed by atoms with Crippen LogP contribution in [0.25, 0.3) is 11.0 Å². The summed E-state index contributed by atoms with van der Waals surface area (Å²) in [6.45, 7) is 1.97. The summed E-state index contributed by atoms with van der Waals surface area (Å²) in [5, 5.41) is 21.9. The number of para-hydroxylation sites is 1. The Morgan fingerprint density at radius 1 is 0.947 bits per heavy atom. The number of aliphatic hydroxyl groups is 1. The normalized spacial score (nSPS) is 17.6. The zero-order valence-corrected chi connectivity index (χ0v) is 20.8. The number of fused-ring (bicyclic) bond motifs is 1. The highest BCUT2D eigenvalue weighted by Crippen LogP contribution is 2.43. The first-order valence-corrected chi connectivity index (χ1v) is 12.5. The fraction of sp³-hybridized carbons (Fsp3) is 0.200. The van der Waals surface area contributed by atoms with Crippen molar-refractivity contribution >= 4 is 34.0 Å². The van der Waals surface area contributed by atoms with Gasteiger partial charge in [-0.05, 0) is 66.9 Å². The summed E-state index contributed by atoms with van der Waals surface area (Å²) in [5.74, 6) is -1.57. The average molecular weight is 511 g/mol. The van der Waals surface area contributed by atoms with E-state index in [1.807, 2.05) is 24.3 Å². The highest BCUT2D eigenvalue weighted by atomic mass is 16.5. The Labute approximate surface area is 219 Å². The first-order chi connectivity index (χ1) is 18.5. The summed E-state index contributed by atoms with van der Waals surface area (Å²) in [4.78, 5) is 31.0. The third-order valence-corrected chi connectivity index (χ3v) is 7.19. The van der Waals surface area contributed by atoms with Gasteiger partial charge in [-0.15, -0.1) is 0 Å². The maximum Gasteiger partial charge on any atom is 0.294 e. The van der Waals surface area contributed by atoms with Crippen LogP contribution in [-0.2, 0) is 4.79 Å². The molecule has 1 amide bonds. The molecule has 0 aliphatic carbocycles. The van der Waals surface area contributed by atoms with E-state index >= 15 is 0 Å². The number of phenols is 1. The number of carbonyl (C=O) groups is 2. The summed E-state index contributed by atoms with van der Waals surface area (Å²) in [6, 6.07) is 19.7. The molecule has 6 rings (SSSR count). The summed E-state index contributed by atoms with van der Waals surface area (Å²) < 4.78 is 11.2. The van der Waals surface area contributed by atoms with Crippen molar-refractivity contribution < 1.29 is 29.0 Å². The van der Waals surface area contributed by atoms with Crippen molar-refractivity contribution in [2.24, 2.45) is 0 Å². The van der Waals surface area contributed by atoms with Crippen LogP contribution in [0.1, 0.15) is 35.0 Å². The number of ether oxygens (including phenoxy) is 1. The van der Waals surface area contributed by atoms with Gasteiger partial charge in [-0.25, -0.2) is 0 Å². The van der Waals surface area contributed by atoms with E-state index in [1.165, 1.54) is 24.1 Å². The Kier molecular flexibility index (Phi) is 5.79. The Balaban J connectivity index is 1.44. The van der Waals surface area contributed by atoms with E-state index in [2.05, 4.69) is 4.90 Å². The molecule has 1 unspecified atom stereocenters. The number of anilines is 2. The molecule has 192 valence electrons. The number of nitrogens with zero attached hydrogens (tertiary/aromatic N) is 2. The van der Waals surface area contributed by atoms with Crippen molar-refractivity contribution in [1.82, 2.24) is 0 Å². The number of furan rings is 1. The second-order valence-electron chi connectivity index (χ2n) is 9.46. The Morgan fingerprint density at radius 3 is 2.37 bits per heavy atom. The van der Waals surface area contributed by atoms with Crippen LogP contribution < -0.4 is 14.5 Å². The van der Waals surface area contributed by atoms with Crippen molar-refractivity contribution in [3.8, 4) is 11.5 Å². The van der Waals surface area contributed by atoms with E-state index in [4.69, 9.17) is 9.15 Å². The van der Waals surface area contributed by atoms with Crippen LogP contribution in [-0.4, -0.2) is 42.1 Å². The first-order valence-electron chi connectivity index (χ1n) is 12.5. The third-order valence-electron chi connectivity index (χ3n) is 7.19. The number of carbonyl (C=O) groups excluding carboxylic acids is 2. The molecule has 38 heavy (non-hydrogen) atoms. The van der Waals surface area contributed by atoms with Crippen molar-refractivity contribution in [3.63, 3.8) is 0 Å². The Hall–Kier alpha value is -4.72. The molecule has 1 fully saturated rings. The summed E-state index contributed by atoms with van der Waals surface area (Å²) in [6.07, 6.45) is 2.28. The van der Waals surface area contributed by atoms with Crippen molar-refractivity contribution in [1.29, 1.82) is 0 Å². The molecule has 1 saturated heterocycles. The summed E-state index contributed by atoms with van der Waals surface area (Å²) in [7, 11) is 1.51. The molecule has 0 radical (unpaired) electrons. The quantitative estimate of drug-likeness (QED) is 0.329. The van der Waals surface area contributed by atoms with Crippen LogP contribution in [0.4, 0.5) is 11.4 Å².